The molecule has 0 bridgehead atoms. The normalized spacial score (nSPS) is 10.3. The Kier molecular flexibility index (Phi) is 7.98. The van der Waals surface area contributed by atoms with Crippen LogP contribution < -0.4 is 21.5 Å². The van der Waals surface area contributed by atoms with Crippen LogP contribution in [0.25, 0.3) is 10.9 Å². The largest absolute Gasteiger partial charge is 1.00 e. The number of halogens is 1. The van der Waals surface area contributed by atoms with Crippen molar-refractivity contribution in [1.29, 1.82) is 0 Å². The van der Waals surface area contributed by atoms with Crippen molar-refractivity contribution in [3.8, 4) is 0 Å². The van der Waals surface area contributed by atoms with Gasteiger partial charge in [0.2, 0.25) is 5.52 Å². The number of fused-ring (bicyclic) bond motifs is 1. The van der Waals surface area contributed by atoms with Crippen LogP contribution in [-0.4, -0.2) is 11.1 Å². The Balaban J connectivity index is 0.00000220. The first-order valence-corrected chi connectivity index (χ1v) is 7.36. The maximum absolute atomic E-state index is 10.4. The molecule has 0 aliphatic heterocycles. The molecule has 0 aliphatic carbocycles. The van der Waals surface area contributed by atoms with Gasteiger partial charge in [0.05, 0.1) is 0 Å². The number of carbonyl (C=O) groups is 1. The van der Waals surface area contributed by atoms with Crippen LogP contribution in [0.1, 0.15) is 38.5 Å². The van der Waals surface area contributed by atoms with Gasteiger partial charge < -0.3 is 22.1 Å². The van der Waals surface area contributed by atoms with Gasteiger partial charge in [0.15, 0.2) is 6.20 Å². The van der Waals surface area contributed by atoms with Crippen molar-refractivity contribution >= 4 is 16.9 Å². The summed E-state index contributed by atoms with van der Waals surface area (Å²) >= 11 is 0. The lowest BCUT2D eigenvalue weighted by Crippen LogP contribution is -3.00. The second-order valence-corrected chi connectivity index (χ2v) is 5.17. The zero-order chi connectivity index (χ0) is 14.2. The molecule has 0 saturated heterocycles. The first-order valence-electron chi connectivity index (χ1n) is 7.36. The number of hydrogen-bond donors (Lipinski definition) is 1. The number of aryl methyl sites for hydroxylation is 1. The van der Waals surface area contributed by atoms with Crippen molar-refractivity contribution in [3.05, 3.63) is 42.6 Å². The number of rotatable bonds is 8. The molecule has 0 spiro atoms. The Bertz CT molecular complexity index is 566. The third-order valence-electron chi connectivity index (χ3n) is 3.58. The van der Waals surface area contributed by atoms with Crippen molar-refractivity contribution in [2.24, 2.45) is 0 Å². The van der Waals surface area contributed by atoms with Gasteiger partial charge in [-0.1, -0.05) is 25.0 Å². The molecule has 1 aromatic heterocycles. The highest BCUT2D eigenvalue weighted by molar-refractivity contribution is 5.74. The van der Waals surface area contributed by atoms with E-state index in [4.69, 9.17) is 5.11 Å². The molecule has 1 heterocycles. The first-order chi connectivity index (χ1) is 9.77. The van der Waals surface area contributed by atoms with Gasteiger partial charge in [-0.3, -0.25) is 4.79 Å². The molecule has 1 aromatic carbocycles. The number of pyridine rings is 1. The molecule has 0 aliphatic rings. The Labute approximate surface area is 136 Å². The van der Waals surface area contributed by atoms with Gasteiger partial charge >= 0.3 is 5.97 Å². The van der Waals surface area contributed by atoms with E-state index in [0.29, 0.717) is 6.42 Å². The van der Waals surface area contributed by atoms with E-state index in [2.05, 4.69) is 47.2 Å². The van der Waals surface area contributed by atoms with Gasteiger partial charge in [0.25, 0.3) is 0 Å². The number of para-hydroxylation sites is 1. The molecule has 1 N–H and O–H groups in total. The lowest BCUT2D eigenvalue weighted by Gasteiger charge is -2.02. The third kappa shape index (κ3) is 5.84. The first kappa shape index (κ1) is 17.6. The maximum Gasteiger partial charge on any atom is 0.303 e. The number of hydrogen-bond acceptors (Lipinski definition) is 1. The molecule has 114 valence electrons. The number of nitrogens with zero attached hydrogens (tertiary/aromatic N) is 1. The van der Waals surface area contributed by atoms with E-state index < -0.39 is 5.97 Å². The van der Waals surface area contributed by atoms with Crippen LogP contribution in [0.3, 0.4) is 0 Å². The summed E-state index contributed by atoms with van der Waals surface area (Å²) in [5.41, 5.74) is 1.28. The molecule has 0 atom stereocenters. The van der Waals surface area contributed by atoms with Gasteiger partial charge in [-0.05, 0) is 25.0 Å². The molecule has 0 radical (unpaired) electrons. The minimum Gasteiger partial charge on any atom is -1.00 e. The fourth-order valence-electron chi connectivity index (χ4n) is 2.50. The van der Waals surface area contributed by atoms with Crippen LogP contribution in [0, 0.1) is 0 Å². The van der Waals surface area contributed by atoms with Gasteiger partial charge in [0, 0.05) is 30.4 Å². The molecule has 0 unspecified atom stereocenters. The molecule has 0 saturated carbocycles. The minimum atomic E-state index is -0.684. The van der Waals surface area contributed by atoms with Gasteiger partial charge in [0.1, 0.15) is 6.54 Å². The number of carboxylic acid groups (broad SMARTS) is 1. The van der Waals surface area contributed by atoms with Gasteiger partial charge in [-0.2, -0.15) is 4.57 Å². The van der Waals surface area contributed by atoms with E-state index >= 15 is 0 Å². The van der Waals surface area contributed by atoms with Crippen molar-refractivity contribution in [1.82, 2.24) is 0 Å². The lowest BCUT2D eigenvalue weighted by atomic mass is 10.1. The monoisotopic (exact) mass is 351 g/mol. The Morgan fingerprint density at radius 2 is 1.62 bits per heavy atom. The number of aromatic nitrogens is 1. The van der Waals surface area contributed by atoms with E-state index in [-0.39, 0.29) is 17.0 Å². The molecule has 2 aromatic rings. The molecular weight excluding hydrogens is 330 g/mol. The summed E-state index contributed by atoms with van der Waals surface area (Å²) in [6.07, 6.45) is 7.69. The Hall–Kier alpha value is -1.42. The fraction of sp³-hybridized carbons (Fsp3) is 0.412. The van der Waals surface area contributed by atoms with Crippen LogP contribution in [0.4, 0.5) is 0 Å². The van der Waals surface area contributed by atoms with Crippen molar-refractivity contribution in [2.45, 2.75) is 45.1 Å². The molecule has 0 amide bonds. The number of benzene rings is 1. The van der Waals surface area contributed by atoms with Crippen molar-refractivity contribution < 1.29 is 31.4 Å². The molecule has 3 nitrogen and oxygen atoms in total. The van der Waals surface area contributed by atoms with E-state index in [0.717, 1.165) is 38.6 Å². The Morgan fingerprint density at radius 3 is 2.43 bits per heavy atom. The summed E-state index contributed by atoms with van der Waals surface area (Å²) < 4.78 is 2.30. The quantitative estimate of drug-likeness (QED) is 0.557. The van der Waals surface area contributed by atoms with Crippen LogP contribution >= 0.6 is 0 Å². The highest BCUT2D eigenvalue weighted by Gasteiger charge is 2.06. The maximum atomic E-state index is 10.4. The predicted molar refractivity (Wildman–Crippen MR) is 79.5 cm³/mol. The topological polar surface area (TPSA) is 41.2 Å². The smallest absolute Gasteiger partial charge is 0.303 e. The minimum absolute atomic E-state index is 0. The average Bonchev–Trinajstić information content (AvgIpc) is 2.46. The standard InChI is InChI=1S/C17H21NO2.BrH/c19-17(20)12-4-2-1-3-7-13-18-14-8-10-15-9-5-6-11-16(15)18;/h5-6,8-11,14H,1-4,7,12-13H2;1H. The number of aliphatic carboxylic acids is 1. The second kappa shape index (κ2) is 9.50. The van der Waals surface area contributed by atoms with E-state index in [9.17, 15) is 4.79 Å². The number of carboxylic acids is 1. The van der Waals surface area contributed by atoms with Crippen molar-refractivity contribution in [2.75, 3.05) is 0 Å². The summed E-state index contributed by atoms with van der Waals surface area (Å²) in [7, 11) is 0. The van der Waals surface area contributed by atoms with Crippen LogP contribution in [0.5, 0.6) is 0 Å². The van der Waals surface area contributed by atoms with Crippen molar-refractivity contribution in [3.63, 3.8) is 0 Å². The predicted octanol–water partition coefficient (Wildman–Crippen LogP) is 0.556. The summed E-state index contributed by atoms with van der Waals surface area (Å²) in [5.74, 6) is -0.684. The number of unbranched alkanes of at least 4 members (excludes halogenated alkanes) is 4. The molecule has 2 rings (SSSR count). The SMILES string of the molecule is O=C(O)CCCCCCC[n+]1cccc2ccccc21.[Br-]. The van der Waals surface area contributed by atoms with E-state index in [1.807, 2.05) is 0 Å². The lowest BCUT2D eigenvalue weighted by molar-refractivity contribution is -0.671. The highest BCUT2D eigenvalue weighted by Crippen LogP contribution is 2.09. The van der Waals surface area contributed by atoms with E-state index in [1.54, 1.807) is 0 Å². The van der Waals surface area contributed by atoms with Crippen LogP contribution in [-0.2, 0) is 11.3 Å². The summed E-state index contributed by atoms with van der Waals surface area (Å²) in [6.45, 7) is 1.03. The fourth-order valence-corrected chi connectivity index (χ4v) is 2.50. The van der Waals surface area contributed by atoms with Crippen LogP contribution in [0.2, 0.25) is 0 Å². The van der Waals surface area contributed by atoms with E-state index in [1.165, 1.54) is 10.9 Å². The second-order valence-electron chi connectivity index (χ2n) is 5.17. The summed E-state index contributed by atoms with van der Waals surface area (Å²) in [5, 5.41) is 9.84. The summed E-state index contributed by atoms with van der Waals surface area (Å²) in [6, 6.07) is 12.7. The van der Waals surface area contributed by atoms with Crippen LogP contribution in [0.15, 0.2) is 42.6 Å². The molecule has 0 fully saturated rings. The molecular formula is C17H22BrNO2. The Morgan fingerprint density at radius 1 is 0.952 bits per heavy atom. The van der Waals surface area contributed by atoms with Gasteiger partial charge in [-0.15, -0.1) is 0 Å². The molecule has 21 heavy (non-hydrogen) atoms. The summed E-state index contributed by atoms with van der Waals surface area (Å²) in [4.78, 5) is 10.4. The van der Waals surface area contributed by atoms with Gasteiger partial charge in [-0.25, -0.2) is 0 Å². The average molecular weight is 352 g/mol. The third-order valence-corrected chi connectivity index (χ3v) is 3.58. The zero-order valence-corrected chi connectivity index (χ0v) is 13.8. The highest BCUT2D eigenvalue weighted by atomic mass is 79.9. The molecule has 4 heteroatoms. The zero-order valence-electron chi connectivity index (χ0n) is 12.2.